The van der Waals surface area contributed by atoms with Gasteiger partial charge < -0.3 is 19.4 Å². The number of aromatic nitrogens is 1. The first kappa shape index (κ1) is 25.7. The number of sulfonamides is 1. The Kier molecular flexibility index (Phi) is 6.55. The molecule has 5 aromatic rings. The van der Waals surface area contributed by atoms with Crippen LogP contribution in [-0.4, -0.2) is 38.7 Å². The van der Waals surface area contributed by atoms with E-state index in [-0.39, 0.29) is 10.6 Å². The number of amides is 1. The minimum Gasteiger partial charge on any atom is -0.486 e. The van der Waals surface area contributed by atoms with Gasteiger partial charge in [0.25, 0.3) is 10.0 Å². The zero-order chi connectivity index (χ0) is 27.9. The molecule has 0 unspecified atom stereocenters. The van der Waals surface area contributed by atoms with Gasteiger partial charge >= 0.3 is 0 Å². The van der Waals surface area contributed by atoms with E-state index in [4.69, 9.17) is 9.47 Å². The van der Waals surface area contributed by atoms with Crippen molar-refractivity contribution in [3.8, 4) is 11.5 Å². The summed E-state index contributed by atoms with van der Waals surface area (Å²) >= 11 is 0. The minimum absolute atomic E-state index is 0.0809. The molecule has 1 amide bonds. The van der Waals surface area contributed by atoms with Gasteiger partial charge in [0.15, 0.2) is 11.5 Å². The van der Waals surface area contributed by atoms with Crippen LogP contribution in [0.25, 0.3) is 21.8 Å². The number of nitrogens with one attached hydrogen (secondary N) is 1. The molecule has 1 aliphatic rings. The number of ether oxygens (including phenoxy) is 2. The second-order valence-corrected chi connectivity index (χ2v) is 11.2. The van der Waals surface area contributed by atoms with Crippen LogP contribution in [0.4, 0.5) is 15.8 Å². The van der Waals surface area contributed by atoms with Crippen molar-refractivity contribution < 1.29 is 27.1 Å². The first-order chi connectivity index (χ1) is 19.3. The normalized spacial score (nSPS) is 12.9. The number of halogens is 1. The zero-order valence-corrected chi connectivity index (χ0v) is 22.4. The SMILES string of the molecule is CCn1c2ccccc2c2cc(NC(=O)CN(c3ccc(F)cc3)S(=O)(=O)c3ccc4c(c3)OCCO4)ccc21. The third-order valence-electron chi connectivity index (χ3n) is 6.88. The summed E-state index contributed by atoms with van der Waals surface area (Å²) in [6.45, 7) is 3.00. The maximum atomic E-state index is 13.8. The van der Waals surface area contributed by atoms with Gasteiger partial charge in [-0.25, -0.2) is 12.8 Å². The van der Waals surface area contributed by atoms with Crippen LogP contribution in [0.5, 0.6) is 11.5 Å². The highest BCUT2D eigenvalue weighted by molar-refractivity contribution is 7.92. The molecular weight excluding hydrogens is 533 g/mol. The Morgan fingerprint density at radius 3 is 2.40 bits per heavy atom. The predicted octanol–water partition coefficient (Wildman–Crippen LogP) is 5.56. The first-order valence-corrected chi connectivity index (χ1v) is 14.3. The van der Waals surface area contributed by atoms with Crippen molar-refractivity contribution in [2.45, 2.75) is 18.4 Å². The lowest BCUT2D eigenvalue weighted by Gasteiger charge is -2.25. The molecule has 0 saturated carbocycles. The lowest BCUT2D eigenvalue weighted by molar-refractivity contribution is -0.114. The van der Waals surface area contributed by atoms with Crippen LogP contribution in [0.15, 0.2) is 89.8 Å². The van der Waals surface area contributed by atoms with E-state index in [0.29, 0.717) is 30.4 Å². The summed E-state index contributed by atoms with van der Waals surface area (Å²) in [6.07, 6.45) is 0. The number of aryl methyl sites for hydroxylation is 1. The fraction of sp³-hybridized carbons (Fsp3) is 0.167. The minimum atomic E-state index is -4.24. The van der Waals surface area contributed by atoms with Gasteiger partial charge in [-0.05, 0) is 67.6 Å². The molecule has 204 valence electrons. The molecule has 0 bridgehead atoms. The maximum absolute atomic E-state index is 13.8. The van der Waals surface area contributed by atoms with E-state index in [1.807, 2.05) is 30.3 Å². The lowest BCUT2D eigenvalue weighted by Crippen LogP contribution is -2.38. The topological polar surface area (TPSA) is 89.9 Å². The predicted molar refractivity (Wildman–Crippen MR) is 152 cm³/mol. The van der Waals surface area contributed by atoms with Crippen LogP contribution in [0.1, 0.15) is 6.92 Å². The number of hydrogen-bond acceptors (Lipinski definition) is 5. The number of fused-ring (bicyclic) bond motifs is 4. The van der Waals surface area contributed by atoms with Gasteiger partial charge in [0.1, 0.15) is 25.6 Å². The maximum Gasteiger partial charge on any atom is 0.264 e. The Hall–Kier alpha value is -4.57. The highest BCUT2D eigenvalue weighted by Crippen LogP contribution is 2.35. The zero-order valence-electron chi connectivity index (χ0n) is 21.6. The molecule has 0 aliphatic carbocycles. The quantitative estimate of drug-likeness (QED) is 0.282. The van der Waals surface area contributed by atoms with Gasteiger partial charge in [-0.2, -0.15) is 0 Å². The lowest BCUT2D eigenvalue weighted by atomic mass is 10.1. The molecule has 1 aliphatic heterocycles. The summed E-state index contributed by atoms with van der Waals surface area (Å²) in [5, 5.41) is 4.88. The van der Waals surface area contributed by atoms with Crippen molar-refractivity contribution in [1.82, 2.24) is 4.57 Å². The number of benzene rings is 4. The third-order valence-corrected chi connectivity index (χ3v) is 8.65. The number of carbonyl (C=O) groups is 1. The smallest absolute Gasteiger partial charge is 0.264 e. The standard InChI is InChI=1S/C30H26FN3O5S/c1-2-33-26-6-4-3-5-24(26)25-17-21(9-13-27(25)33)32-30(35)19-34(22-10-7-20(31)8-11-22)40(36,37)23-12-14-28-29(18-23)39-16-15-38-28/h3-14,17-18H,2,15-16,19H2,1H3,(H,32,35). The van der Waals surface area contributed by atoms with E-state index in [0.717, 1.165) is 44.8 Å². The Bertz CT molecular complexity index is 1850. The van der Waals surface area contributed by atoms with Crippen molar-refractivity contribution in [2.75, 3.05) is 29.4 Å². The van der Waals surface area contributed by atoms with Gasteiger partial charge in [-0.3, -0.25) is 9.10 Å². The summed E-state index contributed by atoms with van der Waals surface area (Å²) in [4.78, 5) is 13.2. The average Bonchev–Trinajstić information content (AvgIpc) is 3.29. The number of carbonyl (C=O) groups excluding carboxylic acids is 1. The van der Waals surface area contributed by atoms with E-state index in [1.54, 1.807) is 6.07 Å². The summed E-state index contributed by atoms with van der Waals surface area (Å²) in [5.41, 5.74) is 2.81. The number of rotatable bonds is 7. The molecule has 8 nitrogen and oxygen atoms in total. The van der Waals surface area contributed by atoms with Crippen LogP contribution < -0.4 is 19.1 Å². The summed E-state index contributed by atoms with van der Waals surface area (Å²) < 4.78 is 55.5. The number of para-hydroxylation sites is 1. The van der Waals surface area contributed by atoms with Crippen LogP contribution >= 0.6 is 0 Å². The second-order valence-electron chi connectivity index (χ2n) is 9.34. The molecule has 0 atom stereocenters. The highest BCUT2D eigenvalue weighted by atomic mass is 32.2. The van der Waals surface area contributed by atoms with Crippen LogP contribution in [0.3, 0.4) is 0 Å². The molecule has 10 heteroatoms. The number of nitrogens with zero attached hydrogens (tertiary/aromatic N) is 2. The van der Waals surface area contributed by atoms with Crippen molar-refractivity contribution in [3.63, 3.8) is 0 Å². The number of anilines is 2. The Labute approximate surface area is 230 Å². The van der Waals surface area contributed by atoms with Crippen molar-refractivity contribution in [2.24, 2.45) is 0 Å². The van der Waals surface area contributed by atoms with Crippen LogP contribution in [0.2, 0.25) is 0 Å². The third kappa shape index (κ3) is 4.60. The molecule has 0 radical (unpaired) electrons. The molecule has 1 N–H and O–H groups in total. The van der Waals surface area contributed by atoms with Crippen LogP contribution in [0, 0.1) is 5.82 Å². The van der Waals surface area contributed by atoms with Crippen molar-refractivity contribution >= 4 is 49.1 Å². The fourth-order valence-electron chi connectivity index (χ4n) is 5.04. The van der Waals surface area contributed by atoms with Crippen molar-refractivity contribution in [1.29, 1.82) is 0 Å². The van der Waals surface area contributed by atoms with E-state index in [1.165, 1.54) is 30.3 Å². The molecule has 2 heterocycles. The monoisotopic (exact) mass is 559 g/mol. The summed E-state index contributed by atoms with van der Waals surface area (Å²) in [5.74, 6) is -0.333. The van der Waals surface area contributed by atoms with E-state index in [2.05, 4.69) is 22.9 Å². The molecule has 6 rings (SSSR count). The van der Waals surface area contributed by atoms with Crippen LogP contribution in [-0.2, 0) is 21.4 Å². The molecule has 1 aromatic heterocycles. The van der Waals surface area contributed by atoms with Crippen molar-refractivity contribution in [3.05, 3.63) is 90.7 Å². The van der Waals surface area contributed by atoms with Gasteiger partial charge in [-0.15, -0.1) is 0 Å². The van der Waals surface area contributed by atoms with Gasteiger partial charge in [0, 0.05) is 40.1 Å². The molecule has 0 fully saturated rings. The Morgan fingerprint density at radius 1 is 0.900 bits per heavy atom. The van der Waals surface area contributed by atoms with E-state index >= 15 is 0 Å². The molecule has 0 saturated heterocycles. The number of hydrogen-bond donors (Lipinski definition) is 1. The van der Waals surface area contributed by atoms with Gasteiger partial charge in [-0.1, -0.05) is 18.2 Å². The summed E-state index contributed by atoms with van der Waals surface area (Å²) in [7, 11) is -4.24. The fourth-order valence-corrected chi connectivity index (χ4v) is 6.47. The molecule has 40 heavy (non-hydrogen) atoms. The highest BCUT2D eigenvalue weighted by Gasteiger charge is 2.29. The second kappa shape index (κ2) is 10.2. The molecular formula is C30H26FN3O5S. The largest absolute Gasteiger partial charge is 0.486 e. The van der Waals surface area contributed by atoms with E-state index < -0.39 is 28.3 Å². The molecule has 4 aromatic carbocycles. The van der Waals surface area contributed by atoms with E-state index in [9.17, 15) is 17.6 Å². The van der Waals surface area contributed by atoms with Gasteiger partial charge in [0.2, 0.25) is 5.91 Å². The molecule has 0 spiro atoms. The average molecular weight is 560 g/mol. The summed E-state index contributed by atoms with van der Waals surface area (Å²) in [6, 6.07) is 22.9. The van der Waals surface area contributed by atoms with Gasteiger partial charge in [0.05, 0.1) is 10.6 Å². The Balaban J connectivity index is 1.33. The Morgan fingerprint density at radius 2 is 1.62 bits per heavy atom. The first-order valence-electron chi connectivity index (χ1n) is 12.8.